The smallest absolute Gasteiger partial charge is 0.0829 e. The van der Waals surface area contributed by atoms with E-state index in [0.717, 1.165) is 19.6 Å². The zero-order chi connectivity index (χ0) is 6.69. The van der Waals surface area contributed by atoms with Crippen LogP contribution < -0.4 is 10.6 Å². The minimum atomic E-state index is -0.190. The van der Waals surface area contributed by atoms with Crippen molar-refractivity contribution in [2.75, 3.05) is 19.6 Å². The zero-order valence-corrected chi connectivity index (χ0v) is 5.72. The maximum Gasteiger partial charge on any atom is 0.0829 e. The van der Waals surface area contributed by atoms with Gasteiger partial charge in [0.2, 0.25) is 0 Å². The summed E-state index contributed by atoms with van der Waals surface area (Å²) in [6, 6.07) is 0.273. The maximum absolute atomic E-state index is 9.20. The average Bonchev–Trinajstić information content (AvgIpc) is 2.18. The maximum atomic E-state index is 9.20. The molecule has 3 N–H and O–H groups in total. The molecular formula is C6H14N2O. The SMILES string of the molecule is CCN[C@@H]1CNC[C@H]1O. The van der Waals surface area contributed by atoms with Gasteiger partial charge in [0.15, 0.2) is 0 Å². The van der Waals surface area contributed by atoms with Gasteiger partial charge in [-0.1, -0.05) is 6.92 Å². The fraction of sp³-hybridized carbons (Fsp3) is 1.00. The highest BCUT2D eigenvalue weighted by atomic mass is 16.3. The number of aliphatic hydroxyl groups excluding tert-OH is 1. The van der Waals surface area contributed by atoms with Gasteiger partial charge in [-0.25, -0.2) is 0 Å². The largest absolute Gasteiger partial charge is 0.390 e. The van der Waals surface area contributed by atoms with Crippen LogP contribution in [0.2, 0.25) is 0 Å². The Morgan fingerprint density at radius 2 is 2.44 bits per heavy atom. The monoisotopic (exact) mass is 130 g/mol. The van der Waals surface area contributed by atoms with E-state index in [1.54, 1.807) is 0 Å². The lowest BCUT2D eigenvalue weighted by Crippen LogP contribution is -2.38. The van der Waals surface area contributed by atoms with Crippen molar-refractivity contribution in [3.63, 3.8) is 0 Å². The Bertz CT molecular complexity index is 87.1. The van der Waals surface area contributed by atoms with Crippen LogP contribution in [0.1, 0.15) is 6.92 Å². The van der Waals surface area contributed by atoms with E-state index in [0.29, 0.717) is 0 Å². The molecule has 1 rings (SSSR count). The summed E-state index contributed by atoms with van der Waals surface area (Å²) in [7, 11) is 0. The summed E-state index contributed by atoms with van der Waals surface area (Å²) in [6.07, 6.45) is -0.190. The Balaban J connectivity index is 2.22. The number of likely N-dealkylation sites (N-methyl/N-ethyl adjacent to an activating group) is 1. The van der Waals surface area contributed by atoms with E-state index in [-0.39, 0.29) is 12.1 Å². The van der Waals surface area contributed by atoms with E-state index in [4.69, 9.17) is 0 Å². The molecule has 0 aliphatic carbocycles. The summed E-state index contributed by atoms with van der Waals surface area (Å²) < 4.78 is 0. The van der Waals surface area contributed by atoms with Crippen molar-refractivity contribution in [3.8, 4) is 0 Å². The standard InChI is InChI=1S/C6H14N2O/c1-2-8-5-3-7-4-6(5)9/h5-9H,2-4H2,1H3/t5-,6-/m1/s1. The molecule has 2 atom stereocenters. The number of rotatable bonds is 2. The Morgan fingerprint density at radius 1 is 1.67 bits per heavy atom. The van der Waals surface area contributed by atoms with Crippen molar-refractivity contribution in [1.29, 1.82) is 0 Å². The van der Waals surface area contributed by atoms with Crippen LogP contribution >= 0.6 is 0 Å². The molecule has 0 aromatic rings. The molecule has 0 saturated carbocycles. The molecule has 0 unspecified atom stereocenters. The van der Waals surface area contributed by atoms with Gasteiger partial charge in [-0.15, -0.1) is 0 Å². The topological polar surface area (TPSA) is 44.3 Å². The molecule has 1 heterocycles. The second-order valence-electron chi connectivity index (χ2n) is 2.39. The summed E-state index contributed by atoms with van der Waals surface area (Å²) in [5.74, 6) is 0. The first-order valence-corrected chi connectivity index (χ1v) is 3.46. The lowest BCUT2D eigenvalue weighted by Gasteiger charge is -2.12. The van der Waals surface area contributed by atoms with Crippen molar-refractivity contribution in [2.24, 2.45) is 0 Å². The average molecular weight is 130 g/mol. The van der Waals surface area contributed by atoms with Crippen LogP contribution in [-0.4, -0.2) is 36.9 Å². The summed E-state index contributed by atoms with van der Waals surface area (Å²) in [6.45, 7) is 4.61. The molecule has 1 saturated heterocycles. The first-order chi connectivity index (χ1) is 4.34. The molecule has 0 radical (unpaired) electrons. The molecule has 0 aromatic heterocycles. The Labute approximate surface area is 55.5 Å². The third-order valence-corrected chi connectivity index (χ3v) is 1.65. The van der Waals surface area contributed by atoms with Crippen molar-refractivity contribution in [2.45, 2.75) is 19.1 Å². The van der Waals surface area contributed by atoms with Crippen molar-refractivity contribution >= 4 is 0 Å². The minimum absolute atomic E-state index is 0.190. The van der Waals surface area contributed by atoms with Gasteiger partial charge in [-0.05, 0) is 6.54 Å². The summed E-state index contributed by atoms with van der Waals surface area (Å²) in [5, 5.41) is 15.5. The van der Waals surface area contributed by atoms with Crippen molar-refractivity contribution in [3.05, 3.63) is 0 Å². The lowest BCUT2D eigenvalue weighted by atomic mass is 10.2. The molecule has 1 aliphatic rings. The molecule has 0 bridgehead atoms. The van der Waals surface area contributed by atoms with Gasteiger partial charge in [-0.3, -0.25) is 0 Å². The molecule has 1 fully saturated rings. The van der Waals surface area contributed by atoms with E-state index in [9.17, 15) is 5.11 Å². The third-order valence-electron chi connectivity index (χ3n) is 1.65. The highest BCUT2D eigenvalue weighted by Crippen LogP contribution is 1.97. The highest BCUT2D eigenvalue weighted by molar-refractivity contribution is 4.85. The van der Waals surface area contributed by atoms with E-state index < -0.39 is 0 Å². The number of β-amino-alcohol motifs (C(OH)–C–C–N with tert-alkyl or cyclic N) is 1. The van der Waals surface area contributed by atoms with E-state index >= 15 is 0 Å². The second-order valence-corrected chi connectivity index (χ2v) is 2.39. The fourth-order valence-electron chi connectivity index (χ4n) is 1.14. The van der Waals surface area contributed by atoms with Gasteiger partial charge in [0.05, 0.1) is 6.10 Å². The van der Waals surface area contributed by atoms with Gasteiger partial charge in [-0.2, -0.15) is 0 Å². The van der Waals surface area contributed by atoms with Crippen LogP contribution in [0.5, 0.6) is 0 Å². The fourth-order valence-corrected chi connectivity index (χ4v) is 1.14. The number of nitrogens with one attached hydrogen (secondary N) is 2. The molecular weight excluding hydrogens is 116 g/mol. The molecule has 0 amide bonds. The second kappa shape index (κ2) is 3.15. The summed E-state index contributed by atoms with van der Waals surface area (Å²) in [5.41, 5.74) is 0. The van der Waals surface area contributed by atoms with Crippen molar-refractivity contribution < 1.29 is 5.11 Å². The molecule has 0 aromatic carbocycles. The van der Waals surface area contributed by atoms with Crippen LogP contribution in [0.25, 0.3) is 0 Å². The Kier molecular flexibility index (Phi) is 2.45. The number of hydrogen-bond donors (Lipinski definition) is 3. The number of hydrogen-bond acceptors (Lipinski definition) is 3. The van der Waals surface area contributed by atoms with Crippen LogP contribution in [0.3, 0.4) is 0 Å². The molecule has 3 heteroatoms. The van der Waals surface area contributed by atoms with Crippen LogP contribution in [0, 0.1) is 0 Å². The quantitative estimate of drug-likeness (QED) is 0.446. The van der Waals surface area contributed by atoms with E-state index in [1.807, 2.05) is 6.92 Å². The van der Waals surface area contributed by atoms with E-state index in [1.165, 1.54) is 0 Å². The predicted octanol–water partition coefficient (Wildman–Crippen LogP) is -1.07. The predicted molar refractivity (Wildman–Crippen MR) is 36.3 cm³/mol. The Hall–Kier alpha value is -0.120. The van der Waals surface area contributed by atoms with Gasteiger partial charge < -0.3 is 15.7 Å². The molecule has 9 heavy (non-hydrogen) atoms. The molecule has 54 valence electrons. The van der Waals surface area contributed by atoms with Crippen LogP contribution in [0.15, 0.2) is 0 Å². The van der Waals surface area contributed by atoms with Crippen LogP contribution in [0.4, 0.5) is 0 Å². The Morgan fingerprint density at radius 3 is 2.89 bits per heavy atom. The van der Waals surface area contributed by atoms with Crippen LogP contribution in [-0.2, 0) is 0 Å². The lowest BCUT2D eigenvalue weighted by molar-refractivity contribution is 0.164. The van der Waals surface area contributed by atoms with Crippen molar-refractivity contribution in [1.82, 2.24) is 10.6 Å². The normalized spacial score (nSPS) is 35.3. The van der Waals surface area contributed by atoms with Gasteiger partial charge in [0.1, 0.15) is 0 Å². The molecule has 3 nitrogen and oxygen atoms in total. The first-order valence-electron chi connectivity index (χ1n) is 3.46. The van der Waals surface area contributed by atoms with E-state index in [2.05, 4.69) is 10.6 Å². The highest BCUT2D eigenvalue weighted by Gasteiger charge is 2.22. The minimum Gasteiger partial charge on any atom is -0.390 e. The van der Waals surface area contributed by atoms with Gasteiger partial charge >= 0.3 is 0 Å². The molecule has 0 spiro atoms. The summed E-state index contributed by atoms with van der Waals surface area (Å²) in [4.78, 5) is 0. The first kappa shape index (κ1) is 6.99. The van der Waals surface area contributed by atoms with Gasteiger partial charge in [0, 0.05) is 19.1 Å². The summed E-state index contributed by atoms with van der Waals surface area (Å²) >= 11 is 0. The van der Waals surface area contributed by atoms with Gasteiger partial charge in [0.25, 0.3) is 0 Å². The number of aliphatic hydroxyl groups is 1. The molecule has 1 aliphatic heterocycles. The zero-order valence-electron chi connectivity index (χ0n) is 5.72. The third kappa shape index (κ3) is 1.64.